The molecule has 0 aliphatic carbocycles. The van der Waals surface area contributed by atoms with Crippen LogP contribution in [0.25, 0.3) is 0 Å². The molecule has 0 atom stereocenters. The third-order valence-corrected chi connectivity index (χ3v) is 5.53. The first-order valence-corrected chi connectivity index (χ1v) is 8.92. The van der Waals surface area contributed by atoms with Crippen molar-refractivity contribution < 1.29 is 51.3 Å². The molecule has 0 aromatic carbocycles. The van der Waals surface area contributed by atoms with Gasteiger partial charge in [-0.2, -0.15) is 8.42 Å². The van der Waals surface area contributed by atoms with Crippen LogP contribution in [0.2, 0.25) is 0 Å². The molecule has 0 aromatic rings. The quantitative estimate of drug-likeness (QED) is 0.141. The van der Waals surface area contributed by atoms with E-state index in [4.69, 9.17) is 42.8 Å². The van der Waals surface area contributed by atoms with Crippen LogP contribution >= 0.6 is 15.2 Å². The first kappa shape index (κ1) is 26.0. The summed E-state index contributed by atoms with van der Waals surface area (Å²) in [6.07, 6.45) is -0.856. The number of hydrogen-bond donors (Lipinski definition) is 8. The summed E-state index contributed by atoms with van der Waals surface area (Å²) in [6, 6.07) is 0. The molecular weight excluding hydrogens is 355 g/mol. The zero-order valence-corrected chi connectivity index (χ0v) is 11.9. The maximum absolute atomic E-state index is 10.7. The summed E-state index contributed by atoms with van der Waals surface area (Å²) in [5.41, 5.74) is 5.01. The fraction of sp³-hybridized carbons (Fsp3) is 1.00. The average molecular weight is 371 g/mol. The molecule has 0 saturated heterocycles. The molecule has 16 heteroatoms. The summed E-state index contributed by atoms with van der Waals surface area (Å²) >= 11 is 0. The van der Waals surface area contributed by atoms with E-state index in [9.17, 15) is 14.2 Å². The van der Waals surface area contributed by atoms with Gasteiger partial charge in [-0.3, -0.25) is 18.2 Å². The van der Waals surface area contributed by atoms with Gasteiger partial charge in [-0.25, -0.2) is 0 Å². The normalized spacial score (nSPS) is 13.0. The van der Waals surface area contributed by atoms with Crippen LogP contribution in [0.15, 0.2) is 0 Å². The second-order valence-electron chi connectivity index (χ2n) is 3.20. The molecule has 0 heterocycles. The van der Waals surface area contributed by atoms with E-state index in [0.717, 1.165) is 0 Å². The number of rotatable bonds is 5. The molecule has 0 rings (SSSR count). The van der Waals surface area contributed by atoms with Crippen molar-refractivity contribution in [2.24, 2.45) is 5.73 Å². The summed E-state index contributed by atoms with van der Waals surface area (Å²) in [5.74, 6) is 0. The Balaban J connectivity index is -0.000000414. The molecular formula is C4H16NNaO11P2S. The summed E-state index contributed by atoms with van der Waals surface area (Å²) in [5, 5.41) is 5.91. The fourth-order valence-electron chi connectivity index (χ4n) is 0.800. The molecule has 0 aliphatic heterocycles. The van der Waals surface area contributed by atoms with Crippen LogP contribution in [0.5, 0.6) is 0 Å². The van der Waals surface area contributed by atoms with Crippen LogP contribution in [0.1, 0.15) is 12.8 Å². The summed E-state index contributed by atoms with van der Waals surface area (Å²) in [7, 11) is -15.3. The van der Waals surface area contributed by atoms with E-state index < -0.39 is 37.1 Å². The molecule has 0 spiro atoms. The van der Waals surface area contributed by atoms with Gasteiger partial charge in [0.15, 0.2) is 0 Å². The van der Waals surface area contributed by atoms with Gasteiger partial charge in [0.05, 0.1) is 0 Å². The van der Waals surface area contributed by atoms with Gasteiger partial charge in [-0.05, 0) is 13.0 Å². The zero-order chi connectivity index (χ0) is 16.1. The van der Waals surface area contributed by atoms with Crippen LogP contribution in [0.3, 0.4) is 0 Å². The van der Waals surface area contributed by atoms with Crippen LogP contribution < -0.4 is 5.73 Å². The van der Waals surface area contributed by atoms with Crippen molar-refractivity contribution in [3.05, 3.63) is 0 Å². The van der Waals surface area contributed by atoms with Gasteiger partial charge in [0.1, 0.15) is 0 Å². The van der Waals surface area contributed by atoms with Gasteiger partial charge in [-0.1, -0.05) is 0 Å². The van der Waals surface area contributed by atoms with E-state index in [2.05, 4.69) is 0 Å². The Bertz CT molecular complexity index is 437. The van der Waals surface area contributed by atoms with E-state index in [1.165, 1.54) is 0 Å². The molecule has 0 aliphatic rings. The maximum atomic E-state index is 10.7. The number of aliphatic hydroxyl groups is 1. The van der Waals surface area contributed by atoms with E-state index in [1.54, 1.807) is 0 Å². The molecule has 0 saturated carbocycles. The topological polar surface area (TPSA) is 236 Å². The zero-order valence-electron chi connectivity index (χ0n) is 9.26. The Kier molecular flexibility index (Phi) is 12.1. The van der Waals surface area contributed by atoms with Crippen LogP contribution in [-0.4, -0.2) is 83.4 Å². The molecule has 0 bridgehead atoms. The predicted molar refractivity (Wildman–Crippen MR) is 68.7 cm³/mol. The minimum atomic E-state index is -5.30. The molecule has 120 valence electrons. The first-order valence-electron chi connectivity index (χ1n) is 4.30. The summed E-state index contributed by atoms with van der Waals surface area (Å²) < 4.78 is 53.0. The molecule has 0 fully saturated rings. The average Bonchev–Trinajstić information content (AvgIpc) is 2.07. The Labute approximate surface area is 136 Å². The molecule has 0 aromatic heterocycles. The third-order valence-electron chi connectivity index (χ3n) is 1.65. The molecule has 0 amide bonds. The van der Waals surface area contributed by atoms with Gasteiger partial charge in [-0.15, -0.1) is 0 Å². The van der Waals surface area contributed by atoms with Crippen molar-refractivity contribution in [3.63, 3.8) is 0 Å². The van der Waals surface area contributed by atoms with E-state index in [1.807, 2.05) is 0 Å². The van der Waals surface area contributed by atoms with Gasteiger partial charge in [0, 0.05) is 6.42 Å². The van der Waals surface area contributed by atoms with Gasteiger partial charge in [0.25, 0.3) is 5.08 Å². The fourth-order valence-corrected chi connectivity index (χ4v) is 3.06. The Morgan fingerprint density at radius 1 is 1.00 bits per heavy atom. The van der Waals surface area contributed by atoms with Gasteiger partial charge < -0.3 is 30.4 Å². The monoisotopic (exact) mass is 371 g/mol. The van der Waals surface area contributed by atoms with Crippen molar-refractivity contribution in [1.29, 1.82) is 0 Å². The number of nitrogens with two attached hydrogens (primary N) is 1. The third kappa shape index (κ3) is 10.8. The van der Waals surface area contributed by atoms with Crippen LogP contribution in [-0.2, 0) is 19.5 Å². The van der Waals surface area contributed by atoms with Gasteiger partial charge >= 0.3 is 55.1 Å². The number of hydrogen-bond acceptors (Lipinski definition) is 6. The first-order chi connectivity index (χ1) is 8.06. The van der Waals surface area contributed by atoms with E-state index >= 15 is 0 Å². The van der Waals surface area contributed by atoms with Crippen molar-refractivity contribution in [3.8, 4) is 0 Å². The molecule has 0 unspecified atom stereocenters. The standard InChI is InChI=1S/C4H13NO7P2.Na.H2O4S.H/c5-3-1-2-4(6,13(7,8)9)14(10,11)12;;1-5(2,3)4;/h6H,1-3,5H2,(H2,7,8,9)(H2,10,11,12);;(H2,1,2,3,4);. The van der Waals surface area contributed by atoms with E-state index in [0.29, 0.717) is 0 Å². The van der Waals surface area contributed by atoms with Crippen molar-refractivity contribution in [2.75, 3.05) is 6.54 Å². The molecule has 0 radical (unpaired) electrons. The second-order valence-corrected chi connectivity index (χ2v) is 8.11. The summed E-state index contributed by atoms with van der Waals surface area (Å²) in [6.45, 7) is -0.0394. The Hall–Kier alpha value is 1.09. The summed E-state index contributed by atoms with van der Waals surface area (Å²) in [4.78, 5) is 34.5. The van der Waals surface area contributed by atoms with Crippen molar-refractivity contribution >= 4 is 55.1 Å². The van der Waals surface area contributed by atoms with Crippen molar-refractivity contribution in [1.82, 2.24) is 0 Å². The Morgan fingerprint density at radius 2 is 1.25 bits per heavy atom. The van der Waals surface area contributed by atoms with E-state index in [-0.39, 0.29) is 42.5 Å². The molecule has 9 N–H and O–H groups in total. The molecule has 20 heavy (non-hydrogen) atoms. The van der Waals surface area contributed by atoms with Crippen LogP contribution in [0.4, 0.5) is 0 Å². The predicted octanol–water partition coefficient (Wildman–Crippen LogP) is -2.57. The second kappa shape index (κ2) is 9.28. The SMILES string of the molecule is NCCCC(O)(P(=O)(O)O)P(=O)(O)O.O=S(=O)(O)O.[NaH]. The van der Waals surface area contributed by atoms with Crippen LogP contribution in [0, 0.1) is 0 Å². The molecule has 12 nitrogen and oxygen atoms in total. The Morgan fingerprint density at radius 3 is 1.40 bits per heavy atom. The minimum absolute atomic E-state index is 0. The van der Waals surface area contributed by atoms with Crippen molar-refractivity contribution in [2.45, 2.75) is 17.9 Å². The van der Waals surface area contributed by atoms with Gasteiger partial charge in [0.2, 0.25) is 0 Å².